The number of nitrogens with two attached hydrogens (primary N) is 1. The molecule has 0 amide bonds. The topological polar surface area (TPSA) is 86.0 Å². The highest BCUT2D eigenvalue weighted by atomic mass is 35.5. The van der Waals surface area contributed by atoms with Crippen LogP contribution in [-0.4, -0.2) is 57.8 Å². The molecule has 0 saturated heterocycles. The van der Waals surface area contributed by atoms with Crippen molar-refractivity contribution in [1.82, 2.24) is 5.32 Å². The average molecular weight is 484 g/mol. The lowest BCUT2D eigenvalue weighted by Crippen LogP contribution is -2.43. The fourth-order valence-corrected chi connectivity index (χ4v) is 3.32. The van der Waals surface area contributed by atoms with Crippen LogP contribution in [0.3, 0.4) is 0 Å². The summed E-state index contributed by atoms with van der Waals surface area (Å²) in [5.74, 6) is 2.34. The van der Waals surface area contributed by atoms with Crippen molar-refractivity contribution in [2.45, 2.75) is 58.6 Å². The van der Waals surface area contributed by atoms with Gasteiger partial charge in [0.05, 0.1) is 19.8 Å². The minimum absolute atomic E-state index is 0. The van der Waals surface area contributed by atoms with Gasteiger partial charge in [-0.25, -0.2) is 0 Å². The molecule has 3 atom stereocenters. The first-order valence-electron chi connectivity index (χ1n) is 10.9. The van der Waals surface area contributed by atoms with E-state index in [2.05, 4.69) is 38.2 Å². The van der Waals surface area contributed by atoms with Gasteiger partial charge in [0.25, 0.3) is 0 Å². The van der Waals surface area contributed by atoms with E-state index in [-0.39, 0.29) is 30.9 Å². The van der Waals surface area contributed by atoms with Crippen LogP contribution in [0.25, 0.3) is 0 Å². The second-order valence-electron chi connectivity index (χ2n) is 8.06. The Labute approximate surface area is 201 Å². The largest absolute Gasteiger partial charge is 0.493 e. The molecule has 6 nitrogen and oxygen atoms in total. The zero-order valence-corrected chi connectivity index (χ0v) is 21.4. The Morgan fingerprint density at radius 1 is 1.10 bits per heavy atom. The second kappa shape index (κ2) is 18.8. The Bertz CT molecular complexity index is 564. The van der Waals surface area contributed by atoms with Crippen LogP contribution < -0.4 is 20.5 Å². The fraction of sp³-hybridized carbons (Fsp3) is 0.739. The maximum Gasteiger partial charge on any atom is 0.161 e. The molecule has 184 valence electrons. The van der Waals surface area contributed by atoms with E-state index in [0.717, 1.165) is 43.7 Å². The van der Waals surface area contributed by atoms with Crippen LogP contribution >= 0.6 is 24.8 Å². The molecule has 0 bridgehead atoms. The summed E-state index contributed by atoms with van der Waals surface area (Å²) in [5, 5.41) is 13.6. The Morgan fingerprint density at radius 2 is 1.81 bits per heavy atom. The SMILES string of the molecule is CCCNC[C@H](O)[C@@H](N)C[C@H](Cc1ccc(OC)c(OCCCOC)c1)C(C)C.Cl.Cl. The van der Waals surface area contributed by atoms with Gasteiger partial charge in [0.2, 0.25) is 0 Å². The van der Waals surface area contributed by atoms with E-state index in [9.17, 15) is 5.11 Å². The number of rotatable bonds is 16. The lowest BCUT2D eigenvalue weighted by Gasteiger charge is -2.27. The summed E-state index contributed by atoms with van der Waals surface area (Å²) in [6, 6.07) is 5.86. The quantitative estimate of drug-likeness (QED) is 0.310. The average Bonchev–Trinajstić information content (AvgIpc) is 2.70. The highest BCUT2D eigenvalue weighted by molar-refractivity contribution is 5.85. The number of nitrogens with one attached hydrogen (secondary N) is 1. The standard InChI is InChI=1S/C23H42N2O4.2ClH/c1-6-10-25-16-21(26)20(24)15-19(17(2)3)13-18-8-9-22(28-5)23(14-18)29-12-7-11-27-4;;/h8-9,14,17,19-21,25-26H,6-7,10-13,15-16,24H2,1-5H3;2*1H/t19-,20-,21-;;/m0../s1. The highest BCUT2D eigenvalue weighted by Gasteiger charge is 2.23. The second-order valence-corrected chi connectivity index (χ2v) is 8.06. The van der Waals surface area contributed by atoms with Crippen LogP contribution in [0.1, 0.15) is 45.6 Å². The Kier molecular flexibility index (Phi) is 19.6. The molecule has 8 heteroatoms. The van der Waals surface area contributed by atoms with Gasteiger partial charge in [-0.1, -0.05) is 26.8 Å². The third-order valence-electron chi connectivity index (χ3n) is 5.27. The summed E-state index contributed by atoms with van der Waals surface area (Å²) in [6.45, 7) is 9.24. The molecule has 0 fully saturated rings. The molecule has 0 saturated carbocycles. The van der Waals surface area contributed by atoms with Gasteiger partial charge in [0.15, 0.2) is 11.5 Å². The van der Waals surface area contributed by atoms with E-state index in [0.29, 0.717) is 31.6 Å². The molecule has 31 heavy (non-hydrogen) atoms. The van der Waals surface area contributed by atoms with Gasteiger partial charge >= 0.3 is 0 Å². The van der Waals surface area contributed by atoms with Crippen molar-refractivity contribution in [2.24, 2.45) is 17.6 Å². The first kappa shape index (κ1) is 32.4. The van der Waals surface area contributed by atoms with Crippen molar-refractivity contribution in [3.05, 3.63) is 23.8 Å². The van der Waals surface area contributed by atoms with Crippen molar-refractivity contribution in [3.63, 3.8) is 0 Å². The number of hydrogen-bond acceptors (Lipinski definition) is 6. The summed E-state index contributed by atoms with van der Waals surface area (Å²) in [4.78, 5) is 0. The first-order chi connectivity index (χ1) is 13.9. The van der Waals surface area contributed by atoms with Crippen LogP contribution in [0.2, 0.25) is 0 Å². The minimum atomic E-state index is -0.529. The molecule has 0 aliphatic heterocycles. The normalized spacial score (nSPS) is 13.7. The van der Waals surface area contributed by atoms with E-state index in [1.807, 2.05) is 6.07 Å². The maximum atomic E-state index is 10.4. The lowest BCUT2D eigenvalue weighted by molar-refractivity contribution is 0.124. The number of hydrogen-bond donors (Lipinski definition) is 3. The van der Waals surface area contributed by atoms with Crippen molar-refractivity contribution >= 4 is 24.8 Å². The first-order valence-corrected chi connectivity index (χ1v) is 10.9. The van der Waals surface area contributed by atoms with Gasteiger partial charge in [-0.2, -0.15) is 0 Å². The summed E-state index contributed by atoms with van der Waals surface area (Å²) in [6.07, 6.45) is 3.02. The number of aliphatic hydroxyl groups excluding tert-OH is 1. The summed E-state index contributed by atoms with van der Waals surface area (Å²) < 4.78 is 16.4. The molecule has 0 aliphatic carbocycles. The molecular formula is C23H44Cl2N2O4. The minimum Gasteiger partial charge on any atom is -0.493 e. The van der Waals surface area contributed by atoms with Crippen LogP contribution in [0.4, 0.5) is 0 Å². The number of benzene rings is 1. The monoisotopic (exact) mass is 482 g/mol. The molecule has 1 aromatic carbocycles. The number of methoxy groups -OCH3 is 2. The van der Waals surface area contributed by atoms with E-state index >= 15 is 0 Å². The number of halogens is 2. The Hall–Kier alpha value is -0.760. The zero-order chi connectivity index (χ0) is 21.6. The van der Waals surface area contributed by atoms with Gasteiger partial charge in [-0.15, -0.1) is 24.8 Å². The van der Waals surface area contributed by atoms with Crippen molar-refractivity contribution in [2.75, 3.05) is 40.5 Å². The number of aliphatic hydroxyl groups is 1. The van der Waals surface area contributed by atoms with Crippen LogP contribution in [0.15, 0.2) is 18.2 Å². The predicted molar refractivity (Wildman–Crippen MR) is 133 cm³/mol. The third-order valence-corrected chi connectivity index (χ3v) is 5.27. The van der Waals surface area contributed by atoms with Crippen molar-refractivity contribution in [3.8, 4) is 11.5 Å². The molecular weight excluding hydrogens is 439 g/mol. The molecule has 0 heterocycles. The van der Waals surface area contributed by atoms with E-state index in [4.69, 9.17) is 19.9 Å². The van der Waals surface area contributed by atoms with Crippen LogP contribution in [-0.2, 0) is 11.2 Å². The molecule has 0 spiro atoms. The zero-order valence-electron chi connectivity index (χ0n) is 19.8. The van der Waals surface area contributed by atoms with Gasteiger partial charge in [0, 0.05) is 32.7 Å². The van der Waals surface area contributed by atoms with Gasteiger partial charge < -0.3 is 30.4 Å². The number of ether oxygens (including phenoxy) is 3. The van der Waals surface area contributed by atoms with Gasteiger partial charge in [-0.05, 0) is 55.3 Å². The molecule has 0 aromatic heterocycles. The van der Waals surface area contributed by atoms with Gasteiger partial charge in [-0.3, -0.25) is 0 Å². The summed E-state index contributed by atoms with van der Waals surface area (Å²) in [7, 11) is 3.34. The lowest BCUT2D eigenvalue weighted by atomic mass is 9.83. The Morgan fingerprint density at radius 3 is 2.39 bits per heavy atom. The van der Waals surface area contributed by atoms with Crippen molar-refractivity contribution in [1.29, 1.82) is 0 Å². The fourth-order valence-electron chi connectivity index (χ4n) is 3.32. The van der Waals surface area contributed by atoms with Crippen LogP contribution in [0, 0.1) is 11.8 Å². The van der Waals surface area contributed by atoms with Crippen LogP contribution in [0.5, 0.6) is 11.5 Å². The van der Waals surface area contributed by atoms with E-state index in [1.165, 1.54) is 5.56 Å². The van der Waals surface area contributed by atoms with Crippen molar-refractivity contribution < 1.29 is 19.3 Å². The molecule has 4 N–H and O–H groups in total. The van der Waals surface area contributed by atoms with E-state index < -0.39 is 6.10 Å². The molecule has 1 aromatic rings. The maximum absolute atomic E-state index is 10.4. The van der Waals surface area contributed by atoms with E-state index in [1.54, 1.807) is 14.2 Å². The molecule has 0 aliphatic rings. The highest BCUT2D eigenvalue weighted by Crippen LogP contribution is 2.31. The summed E-state index contributed by atoms with van der Waals surface area (Å²) >= 11 is 0. The molecule has 1 rings (SSSR count). The Balaban J connectivity index is 0. The predicted octanol–water partition coefficient (Wildman–Crippen LogP) is 3.85. The van der Waals surface area contributed by atoms with Gasteiger partial charge in [0.1, 0.15) is 0 Å². The smallest absolute Gasteiger partial charge is 0.161 e. The summed E-state index contributed by atoms with van der Waals surface area (Å²) in [5.41, 5.74) is 7.51. The molecule has 0 radical (unpaired) electrons. The third kappa shape index (κ3) is 12.8. The molecule has 0 unspecified atom stereocenters.